The van der Waals surface area contributed by atoms with Gasteiger partial charge in [0.25, 0.3) is 0 Å². The molecule has 94 valence electrons. The Kier molecular flexibility index (Phi) is 3.94. The van der Waals surface area contributed by atoms with E-state index < -0.39 is 0 Å². The van der Waals surface area contributed by atoms with Gasteiger partial charge >= 0.3 is 6.01 Å². The molecule has 2 rings (SSSR count). The summed E-state index contributed by atoms with van der Waals surface area (Å²) in [5.74, 6) is 0.728. The lowest BCUT2D eigenvalue weighted by atomic mass is 9.89. The maximum Gasteiger partial charge on any atom is 0.316 e. The van der Waals surface area contributed by atoms with Crippen molar-refractivity contribution in [3.05, 3.63) is 17.5 Å². The van der Waals surface area contributed by atoms with E-state index in [1.165, 1.54) is 12.8 Å². The van der Waals surface area contributed by atoms with Crippen LogP contribution < -0.4 is 4.74 Å². The van der Waals surface area contributed by atoms with Crippen molar-refractivity contribution in [1.82, 2.24) is 9.97 Å². The van der Waals surface area contributed by atoms with Crippen molar-refractivity contribution >= 4 is 0 Å². The molecule has 17 heavy (non-hydrogen) atoms. The topological polar surface area (TPSA) is 55.2 Å². The molecule has 0 aromatic carbocycles. The third kappa shape index (κ3) is 3.16. The second kappa shape index (κ2) is 5.45. The van der Waals surface area contributed by atoms with E-state index in [0.717, 1.165) is 30.0 Å². The lowest BCUT2D eigenvalue weighted by Gasteiger charge is -2.26. The number of aromatic nitrogens is 2. The van der Waals surface area contributed by atoms with Crippen LogP contribution in [0.15, 0.2) is 6.20 Å². The highest BCUT2D eigenvalue weighted by Crippen LogP contribution is 2.26. The Morgan fingerprint density at radius 2 is 2.29 bits per heavy atom. The second-order valence-electron chi connectivity index (χ2n) is 4.93. The van der Waals surface area contributed by atoms with Crippen LogP contribution in [0.5, 0.6) is 6.01 Å². The zero-order valence-electron chi connectivity index (χ0n) is 10.5. The molecule has 4 heteroatoms. The maximum atomic E-state index is 9.04. The highest BCUT2D eigenvalue weighted by molar-refractivity contribution is 5.16. The first-order valence-corrected chi connectivity index (χ1v) is 6.29. The summed E-state index contributed by atoms with van der Waals surface area (Å²) in [4.78, 5) is 8.41. The number of hydrogen-bond acceptors (Lipinski definition) is 4. The molecule has 0 bridgehead atoms. The van der Waals surface area contributed by atoms with Crippen LogP contribution in [0.25, 0.3) is 0 Å². The van der Waals surface area contributed by atoms with Crippen LogP contribution in [0, 0.1) is 12.8 Å². The Morgan fingerprint density at radius 3 is 2.94 bits per heavy atom. The van der Waals surface area contributed by atoms with Crippen LogP contribution in [-0.4, -0.2) is 21.2 Å². The minimum absolute atomic E-state index is 0.0213. The van der Waals surface area contributed by atoms with Gasteiger partial charge in [-0.3, -0.25) is 0 Å². The van der Waals surface area contributed by atoms with Crippen LogP contribution in [0.4, 0.5) is 0 Å². The number of aryl methyl sites for hydroxylation is 1. The predicted octanol–water partition coefficient (Wildman–Crippen LogP) is 2.23. The summed E-state index contributed by atoms with van der Waals surface area (Å²) in [6.45, 7) is 4.10. The SMILES string of the molecule is Cc1nc(OC2CCCC(C)C2)ncc1CO. The van der Waals surface area contributed by atoms with Crippen molar-refractivity contribution in [1.29, 1.82) is 0 Å². The standard InChI is InChI=1S/C13H20N2O2/c1-9-4-3-5-12(6-9)17-13-14-7-11(8-16)10(2)15-13/h7,9,12,16H,3-6,8H2,1-2H3. The Hall–Kier alpha value is -1.16. The normalized spacial score (nSPS) is 24.6. The summed E-state index contributed by atoms with van der Waals surface area (Å²) in [7, 11) is 0. The minimum Gasteiger partial charge on any atom is -0.460 e. The summed E-state index contributed by atoms with van der Waals surface area (Å²) in [5.41, 5.74) is 1.55. The van der Waals surface area contributed by atoms with Gasteiger partial charge in [-0.05, 0) is 32.1 Å². The van der Waals surface area contributed by atoms with Crippen molar-refractivity contribution in [3.8, 4) is 6.01 Å². The van der Waals surface area contributed by atoms with E-state index in [1.54, 1.807) is 6.20 Å². The van der Waals surface area contributed by atoms with Gasteiger partial charge in [0.1, 0.15) is 6.10 Å². The van der Waals surface area contributed by atoms with Crippen LogP contribution in [0.3, 0.4) is 0 Å². The molecule has 0 aliphatic heterocycles. The van der Waals surface area contributed by atoms with E-state index in [2.05, 4.69) is 16.9 Å². The van der Waals surface area contributed by atoms with Crippen molar-refractivity contribution in [2.24, 2.45) is 5.92 Å². The first kappa shape index (κ1) is 12.3. The van der Waals surface area contributed by atoms with Gasteiger partial charge in [0.05, 0.1) is 12.3 Å². The van der Waals surface area contributed by atoms with E-state index in [0.29, 0.717) is 6.01 Å². The van der Waals surface area contributed by atoms with Crippen LogP contribution in [0.2, 0.25) is 0 Å². The van der Waals surface area contributed by atoms with E-state index in [-0.39, 0.29) is 12.7 Å². The van der Waals surface area contributed by atoms with Crippen LogP contribution in [-0.2, 0) is 6.61 Å². The second-order valence-corrected chi connectivity index (χ2v) is 4.93. The fourth-order valence-electron chi connectivity index (χ4n) is 2.32. The molecule has 4 nitrogen and oxygen atoms in total. The molecule has 0 spiro atoms. The molecule has 0 saturated heterocycles. The zero-order valence-corrected chi connectivity index (χ0v) is 10.5. The predicted molar refractivity (Wildman–Crippen MR) is 64.7 cm³/mol. The molecule has 1 saturated carbocycles. The number of nitrogens with zero attached hydrogens (tertiary/aromatic N) is 2. The summed E-state index contributed by atoms with van der Waals surface area (Å²) in [5, 5.41) is 9.04. The average molecular weight is 236 g/mol. The van der Waals surface area contributed by atoms with E-state index >= 15 is 0 Å². The molecule has 2 atom stereocenters. The molecule has 0 radical (unpaired) electrons. The van der Waals surface area contributed by atoms with Gasteiger partial charge in [0.2, 0.25) is 0 Å². The fourth-order valence-corrected chi connectivity index (χ4v) is 2.32. The molecular weight excluding hydrogens is 216 g/mol. The minimum atomic E-state index is -0.0213. The largest absolute Gasteiger partial charge is 0.460 e. The summed E-state index contributed by atoms with van der Waals surface area (Å²) >= 11 is 0. The van der Waals surface area contributed by atoms with Crippen LogP contribution >= 0.6 is 0 Å². The van der Waals surface area contributed by atoms with Gasteiger partial charge < -0.3 is 9.84 Å². The monoisotopic (exact) mass is 236 g/mol. The molecule has 1 N–H and O–H groups in total. The number of rotatable bonds is 3. The quantitative estimate of drug-likeness (QED) is 0.874. The zero-order chi connectivity index (χ0) is 12.3. The van der Waals surface area contributed by atoms with Gasteiger partial charge in [-0.1, -0.05) is 13.3 Å². The maximum absolute atomic E-state index is 9.04. The highest BCUT2D eigenvalue weighted by atomic mass is 16.5. The lowest BCUT2D eigenvalue weighted by Crippen LogP contribution is -2.25. The van der Waals surface area contributed by atoms with Gasteiger partial charge in [-0.25, -0.2) is 9.97 Å². The average Bonchev–Trinajstić information content (AvgIpc) is 2.29. The molecule has 1 fully saturated rings. The van der Waals surface area contributed by atoms with Crippen molar-refractivity contribution in [3.63, 3.8) is 0 Å². The molecule has 2 unspecified atom stereocenters. The molecule has 1 aliphatic carbocycles. The molecule has 1 aromatic heterocycles. The van der Waals surface area contributed by atoms with Crippen molar-refractivity contribution in [2.75, 3.05) is 0 Å². The Bertz CT molecular complexity index is 382. The van der Waals surface area contributed by atoms with Gasteiger partial charge in [0.15, 0.2) is 0 Å². The van der Waals surface area contributed by atoms with Gasteiger partial charge in [0, 0.05) is 11.8 Å². The number of aliphatic hydroxyl groups is 1. The fraction of sp³-hybridized carbons (Fsp3) is 0.692. The molecular formula is C13H20N2O2. The van der Waals surface area contributed by atoms with Gasteiger partial charge in [-0.15, -0.1) is 0 Å². The number of aliphatic hydroxyl groups excluding tert-OH is 1. The Morgan fingerprint density at radius 1 is 1.47 bits per heavy atom. The lowest BCUT2D eigenvalue weighted by molar-refractivity contribution is 0.117. The third-order valence-corrected chi connectivity index (χ3v) is 3.39. The first-order chi connectivity index (χ1) is 8.19. The van der Waals surface area contributed by atoms with E-state index in [9.17, 15) is 0 Å². The smallest absolute Gasteiger partial charge is 0.316 e. The van der Waals surface area contributed by atoms with Crippen molar-refractivity contribution in [2.45, 2.75) is 52.2 Å². The number of ether oxygens (including phenoxy) is 1. The summed E-state index contributed by atoms with van der Waals surface area (Å²) < 4.78 is 5.80. The van der Waals surface area contributed by atoms with Gasteiger partial charge in [-0.2, -0.15) is 0 Å². The highest BCUT2D eigenvalue weighted by Gasteiger charge is 2.21. The molecule has 1 heterocycles. The van der Waals surface area contributed by atoms with Crippen molar-refractivity contribution < 1.29 is 9.84 Å². The Labute approximate surface area is 102 Å². The first-order valence-electron chi connectivity index (χ1n) is 6.29. The van der Waals surface area contributed by atoms with E-state index in [4.69, 9.17) is 9.84 Å². The van der Waals surface area contributed by atoms with Crippen LogP contribution in [0.1, 0.15) is 43.9 Å². The Balaban J connectivity index is 2.00. The summed E-state index contributed by atoms with van der Waals surface area (Å²) in [6, 6.07) is 0.443. The molecule has 1 aliphatic rings. The number of hydrogen-bond donors (Lipinski definition) is 1. The molecule has 0 amide bonds. The molecule has 1 aromatic rings. The third-order valence-electron chi connectivity index (χ3n) is 3.39. The summed E-state index contributed by atoms with van der Waals surface area (Å²) in [6.07, 6.45) is 6.59. The van der Waals surface area contributed by atoms with E-state index in [1.807, 2.05) is 6.92 Å².